The van der Waals surface area contributed by atoms with Gasteiger partial charge in [0.05, 0.1) is 54.0 Å². The molecule has 2 aromatic carbocycles. The summed E-state index contributed by atoms with van der Waals surface area (Å²) in [5, 5.41) is 39.9. The van der Waals surface area contributed by atoms with Crippen molar-refractivity contribution in [2.24, 2.45) is 17.8 Å². The Hall–Kier alpha value is -3.22. The number of rotatable bonds is 10. The Balaban J connectivity index is 1.42. The molecule has 0 saturated carbocycles. The SMILES string of the molecule is CO[C@]1(C)C[C@H](O[C@H]2[C@H](C)[C@@H](O[C@@H]3O[C@H](C)C[C@H](N(C)C)[C@H]3O)[C@](C)(O)C[C@@H](C)CN(Cc3ccc(Br)cc3)C(=O)CC(/C=C/c3ccc4[nH]ccc4c3)NC(=O)[C@@H]2C)O[C@@H](C)[C@@H]1O. The summed E-state index contributed by atoms with van der Waals surface area (Å²) in [6.07, 6.45) is -0.458. The van der Waals surface area contributed by atoms with Crippen LogP contribution < -0.4 is 5.32 Å². The molecule has 0 spiro atoms. The van der Waals surface area contributed by atoms with E-state index in [1.807, 2.05) is 107 Å². The number of fused-ring (bicyclic) bond motifs is 1. The van der Waals surface area contributed by atoms with Crippen LogP contribution in [0.5, 0.6) is 0 Å². The number of hydrogen-bond acceptors (Lipinski definition) is 11. The number of amides is 2. The molecule has 3 fully saturated rings. The number of nitrogens with one attached hydrogen (secondary N) is 2. The highest BCUT2D eigenvalue weighted by atomic mass is 79.9. The lowest BCUT2D eigenvalue weighted by molar-refractivity contribution is -0.317. The highest BCUT2D eigenvalue weighted by molar-refractivity contribution is 9.10. The maximum absolute atomic E-state index is 14.8. The molecule has 0 bridgehead atoms. The Bertz CT molecular complexity index is 2050. The number of likely N-dealkylation sites (N-methyl/N-ethyl adjacent to an activating group) is 1. The van der Waals surface area contributed by atoms with Gasteiger partial charge in [0.1, 0.15) is 12.2 Å². The maximum Gasteiger partial charge on any atom is 0.225 e. The molecule has 2 amide bonds. The van der Waals surface area contributed by atoms with Crippen molar-refractivity contribution in [1.82, 2.24) is 20.1 Å². The molecule has 0 aliphatic carbocycles. The van der Waals surface area contributed by atoms with Crippen LogP contribution in [0, 0.1) is 17.8 Å². The van der Waals surface area contributed by atoms with Crippen LogP contribution in [0.1, 0.15) is 85.3 Å². The van der Waals surface area contributed by atoms with Crippen molar-refractivity contribution in [2.75, 3.05) is 27.7 Å². The molecule has 5 N–H and O–H groups in total. The fourth-order valence-corrected chi connectivity index (χ4v) is 10.2. The van der Waals surface area contributed by atoms with Crippen LogP contribution in [-0.4, -0.2) is 142 Å². The number of aromatic nitrogens is 1. The van der Waals surface area contributed by atoms with Crippen molar-refractivity contribution in [3.05, 3.63) is 76.4 Å². The molecular weight excluding hydrogens is 884 g/mol. The molecule has 15 heteroatoms. The third-order valence-corrected chi connectivity index (χ3v) is 14.1. The fraction of sp³-hybridized carbons (Fsp3) is 0.633. The van der Waals surface area contributed by atoms with Crippen LogP contribution in [0.2, 0.25) is 0 Å². The summed E-state index contributed by atoms with van der Waals surface area (Å²) in [6, 6.07) is 14.8. The first-order valence-corrected chi connectivity index (χ1v) is 23.5. The van der Waals surface area contributed by atoms with E-state index in [0.717, 1.165) is 26.5 Å². The van der Waals surface area contributed by atoms with E-state index < -0.39 is 78.1 Å². The van der Waals surface area contributed by atoms with E-state index in [1.165, 1.54) is 7.11 Å². The molecule has 1 unspecified atom stereocenters. The van der Waals surface area contributed by atoms with Gasteiger partial charge in [0, 0.05) is 54.8 Å². The van der Waals surface area contributed by atoms with Gasteiger partial charge in [0.25, 0.3) is 0 Å². The molecule has 3 aliphatic rings. The molecule has 3 aromatic rings. The molecule has 64 heavy (non-hydrogen) atoms. The number of aromatic amines is 1. The predicted molar refractivity (Wildman–Crippen MR) is 249 cm³/mol. The van der Waals surface area contributed by atoms with Gasteiger partial charge in [-0.25, -0.2) is 0 Å². The third-order valence-electron chi connectivity index (χ3n) is 13.6. The molecule has 3 saturated heterocycles. The molecular formula is C49H71BrN4O10. The van der Waals surface area contributed by atoms with E-state index in [-0.39, 0.29) is 43.2 Å². The molecule has 14 nitrogen and oxygen atoms in total. The van der Waals surface area contributed by atoms with E-state index in [2.05, 4.69) is 26.2 Å². The normalized spacial score (nSPS) is 37.5. The van der Waals surface area contributed by atoms with Gasteiger partial charge in [0.2, 0.25) is 11.8 Å². The Kier molecular flexibility index (Phi) is 16.6. The molecule has 4 heterocycles. The van der Waals surface area contributed by atoms with E-state index in [9.17, 15) is 24.9 Å². The summed E-state index contributed by atoms with van der Waals surface area (Å²) < 4.78 is 33.0. The average Bonchev–Trinajstić information content (AvgIpc) is 3.71. The van der Waals surface area contributed by atoms with Crippen molar-refractivity contribution >= 4 is 44.7 Å². The van der Waals surface area contributed by atoms with Crippen molar-refractivity contribution in [1.29, 1.82) is 0 Å². The summed E-state index contributed by atoms with van der Waals surface area (Å²) in [5.41, 5.74) is 0.215. The smallest absolute Gasteiger partial charge is 0.225 e. The van der Waals surface area contributed by atoms with Crippen LogP contribution in [0.4, 0.5) is 0 Å². The third kappa shape index (κ3) is 12.0. The van der Waals surface area contributed by atoms with E-state index >= 15 is 0 Å². The lowest BCUT2D eigenvalue weighted by Gasteiger charge is -2.49. The lowest BCUT2D eigenvalue weighted by Crippen LogP contribution is -2.61. The van der Waals surface area contributed by atoms with Gasteiger partial charge in [-0.05, 0) is 107 Å². The zero-order valence-corrected chi connectivity index (χ0v) is 40.7. The lowest BCUT2D eigenvalue weighted by atomic mass is 9.77. The van der Waals surface area contributed by atoms with Crippen LogP contribution in [-0.2, 0) is 39.8 Å². The number of hydrogen-bond donors (Lipinski definition) is 5. The van der Waals surface area contributed by atoms with E-state index in [1.54, 1.807) is 32.6 Å². The number of methoxy groups -OCH3 is 1. The zero-order chi connectivity index (χ0) is 46.7. The average molecular weight is 956 g/mol. The second-order valence-electron chi connectivity index (χ2n) is 19.4. The first kappa shape index (κ1) is 50.2. The summed E-state index contributed by atoms with van der Waals surface area (Å²) in [5.74, 6) is -2.44. The largest absolute Gasteiger partial charge is 0.387 e. The van der Waals surface area contributed by atoms with Gasteiger partial charge < -0.3 is 59.1 Å². The van der Waals surface area contributed by atoms with Gasteiger partial charge in [-0.15, -0.1) is 0 Å². The number of aliphatic hydroxyl groups excluding tert-OH is 2. The van der Waals surface area contributed by atoms with Crippen LogP contribution >= 0.6 is 15.9 Å². The van der Waals surface area contributed by atoms with Gasteiger partial charge in [-0.2, -0.15) is 0 Å². The number of halogens is 1. The maximum atomic E-state index is 14.8. The number of benzene rings is 2. The van der Waals surface area contributed by atoms with E-state index in [4.69, 9.17) is 23.7 Å². The van der Waals surface area contributed by atoms with Gasteiger partial charge in [-0.3, -0.25) is 9.59 Å². The van der Waals surface area contributed by atoms with Crippen LogP contribution in [0.15, 0.2) is 65.3 Å². The summed E-state index contributed by atoms with van der Waals surface area (Å²) in [6.45, 7) is 13.4. The van der Waals surface area contributed by atoms with Crippen molar-refractivity contribution in [2.45, 2.75) is 153 Å². The molecule has 0 radical (unpaired) electrons. The first-order valence-electron chi connectivity index (χ1n) is 22.7. The van der Waals surface area contributed by atoms with Gasteiger partial charge in [0.15, 0.2) is 12.6 Å². The summed E-state index contributed by atoms with van der Waals surface area (Å²) in [7, 11) is 5.33. The number of carbonyl (C=O) groups is 2. The number of ether oxygens (including phenoxy) is 5. The topological polar surface area (TPSA) is 175 Å². The zero-order valence-electron chi connectivity index (χ0n) is 39.1. The number of H-pyrrole nitrogens is 1. The minimum Gasteiger partial charge on any atom is -0.387 e. The highest BCUT2D eigenvalue weighted by Gasteiger charge is 2.51. The van der Waals surface area contributed by atoms with Crippen molar-refractivity contribution in [3.8, 4) is 0 Å². The first-order chi connectivity index (χ1) is 30.2. The number of carbonyl (C=O) groups excluding carboxylic acids is 2. The summed E-state index contributed by atoms with van der Waals surface area (Å²) >= 11 is 3.52. The molecule has 6 rings (SSSR count). The van der Waals surface area contributed by atoms with E-state index in [0.29, 0.717) is 19.5 Å². The number of aliphatic hydroxyl groups is 3. The molecule has 1 aromatic heterocycles. The van der Waals surface area contributed by atoms with Gasteiger partial charge in [-0.1, -0.05) is 67.1 Å². The van der Waals surface area contributed by atoms with Crippen LogP contribution in [0.3, 0.4) is 0 Å². The monoisotopic (exact) mass is 954 g/mol. The summed E-state index contributed by atoms with van der Waals surface area (Å²) in [4.78, 5) is 36.4. The minimum absolute atomic E-state index is 0.0245. The Morgan fingerprint density at radius 1 is 0.984 bits per heavy atom. The molecule has 354 valence electrons. The standard InChI is InChI=1S/C49H71BrN4O10/c1-28-24-48(6,59)45(64-47-42(56)39(53(8)9)21-29(2)61-47)30(3)43(63-41-25-49(7,60-10)44(57)32(5)62-41)31(4)46(58)52-37(17-13-33-14-18-38-35(22-33)19-20-51-38)23-40(55)54(26-28)27-34-11-15-36(50)16-12-34/h11-20,22,28-32,37,39,41-45,47,51,56-57,59H,21,23-27H2,1-10H3,(H,52,58)/b17-13+/t28-,29-,30+,31-,32+,37?,39+,41+,42-,43+,44+,45-,47+,48-,49-/m1/s1. The predicted octanol–water partition coefficient (Wildman–Crippen LogP) is 6.01. The fourth-order valence-electron chi connectivity index (χ4n) is 9.95. The highest BCUT2D eigenvalue weighted by Crippen LogP contribution is 2.39. The Labute approximate surface area is 387 Å². The van der Waals surface area contributed by atoms with Crippen molar-refractivity contribution in [3.63, 3.8) is 0 Å². The van der Waals surface area contributed by atoms with Crippen LogP contribution in [0.25, 0.3) is 17.0 Å². The number of nitrogens with zero attached hydrogens (tertiary/aromatic N) is 2. The Morgan fingerprint density at radius 2 is 1.70 bits per heavy atom. The second kappa shape index (κ2) is 21.2. The Morgan fingerprint density at radius 3 is 2.39 bits per heavy atom. The van der Waals surface area contributed by atoms with Gasteiger partial charge >= 0.3 is 0 Å². The van der Waals surface area contributed by atoms with Crippen molar-refractivity contribution < 1.29 is 48.6 Å². The minimum atomic E-state index is -1.60. The molecule has 15 atom stereocenters. The second-order valence-corrected chi connectivity index (χ2v) is 20.3. The molecule has 3 aliphatic heterocycles. The quantitative estimate of drug-likeness (QED) is 0.161.